The monoisotopic (exact) mass is 341 g/mol. The number of H-pyrrole nitrogens is 1. The quantitative estimate of drug-likeness (QED) is 0.709. The molecule has 0 aliphatic heterocycles. The Morgan fingerprint density at radius 2 is 1.67 bits per heavy atom. The van der Waals surface area contributed by atoms with Gasteiger partial charge in [0.25, 0.3) is 0 Å². The van der Waals surface area contributed by atoms with Crippen LogP contribution in [-0.4, -0.2) is 10.2 Å². The Hall–Kier alpha value is -2.07. The number of anilines is 1. The Balaban J connectivity index is 2.19. The van der Waals surface area contributed by atoms with E-state index in [0.717, 1.165) is 26.9 Å². The fourth-order valence-electron chi connectivity index (χ4n) is 2.39. The molecule has 0 saturated carbocycles. The van der Waals surface area contributed by atoms with Crippen molar-refractivity contribution >= 4 is 21.7 Å². The summed E-state index contributed by atoms with van der Waals surface area (Å²) in [5.41, 5.74) is 12.5. The highest BCUT2D eigenvalue weighted by Crippen LogP contribution is 2.38. The van der Waals surface area contributed by atoms with E-state index in [1.54, 1.807) is 0 Å². The standard InChI is InChI=1S/C17H16BrN3/c1-10-3-6-12(7-4-10)15-16(20-21-17(15)19)13-8-5-11(2)9-14(13)18/h3-9H,1-2H3,(H3,19,20,21). The molecule has 21 heavy (non-hydrogen) atoms. The van der Waals surface area contributed by atoms with Gasteiger partial charge in [-0.15, -0.1) is 0 Å². The number of aryl methyl sites for hydroxylation is 2. The summed E-state index contributed by atoms with van der Waals surface area (Å²) in [6.07, 6.45) is 0. The van der Waals surface area contributed by atoms with Gasteiger partial charge in [-0.05, 0) is 31.0 Å². The molecule has 3 aromatic rings. The summed E-state index contributed by atoms with van der Waals surface area (Å²) in [6, 6.07) is 14.5. The number of halogens is 1. The lowest BCUT2D eigenvalue weighted by molar-refractivity contribution is 1.10. The van der Waals surface area contributed by atoms with Crippen LogP contribution in [0.1, 0.15) is 11.1 Å². The molecule has 0 spiro atoms. The molecule has 1 aromatic heterocycles. The molecule has 1 heterocycles. The van der Waals surface area contributed by atoms with Gasteiger partial charge in [0, 0.05) is 10.0 Å². The minimum absolute atomic E-state index is 0.515. The third-order valence-electron chi connectivity index (χ3n) is 3.53. The van der Waals surface area contributed by atoms with Crippen LogP contribution < -0.4 is 5.73 Å². The summed E-state index contributed by atoms with van der Waals surface area (Å²) in [6.45, 7) is 4.14. The minimum atomic E-state index is 0.515. The maximum Gasteiger partial charge on any atom is 0.153 e. The molecule has 0 bridgehead atoms. The Morgan fingerprint density at radius 1 is 1.00 bits per heavy atom. The Bertz CT molecular complexity index is 788. The highest BCUT2D eigenvalue weighted by molar-refractivity contribution is 9.10. The molecule has 3 N–H and O–H groups in total. The molecule has 0 amide bonds. The van der Waals surface area contributed by atoms with Crippen molar-refractivity contribution < 1.29 is 0 Å². The molecule has 0 saturated heterocycles. The molecule has 0 aliphatic carbocycles. The number of nitrogens with one attached hydrogen (secondary N) is 1. The van der Waals surface area contributed by atoms with E-state index in [-0.39, 0.29) is 0 Å². The second-order valence-electron chi connectivity index (χ2n) is 5.21. The zero-order valence-corrected chi connectivity index (χ0v) is 13.5. The van der Waals surface area contributed by atoms with Crippen molar-refractivity contribution in [2.24, 2.45) is 0 Å². The third-order valence-corrected chi connectivity index (χ3v) is 4.18. The summed E-state index contributed by atoms with van der Waals surface area (Å²) >= 11 is 3.62. The molecule has 0 atom stereocenters. The molecule has 0 aliphatic rings. The van der Waals surface area contributed by atoms with Crippen LogP contribution in [0, 0.1) is 13.8 Å². The van der Waals surface area contributed by atoms with Crippen LogP contribution in [0.25, 0.3) is 22.4 Å². The highest BCUT2D eigenvalue weighted by atomic mass is 79.9. The van der Waals surface area contributed by atoms with Gasteiger partial charge >= 0.3 is 0 Å². The minimum Gasteiger partial charge on any atom is -0.382 e. The highest BCUT2D eigenvalue weighted by Gasteiger charge is 2.16. The van der Waals surface area contributed by atoms with Gasteiger partial charge in [0.15, 0.2) is 5.82 Å². The van der Waals surface area contributed by atoms with Crippen molar-refractivity contribution in [2.75, 3.05) is 5.73 Å². The van der Waals surface area contributed by atoms with Crippen molar-refractivity contribution in [1.82, 2.24) is 10.2 Å². The van der Waals surface area contributed by atoms with E-state index in [4.69, 9.17) is 5.73 Å². The van der Waals surface area contributed by atoms with Gasteiger partial charge in [-0.25, -0.2) is 0 Å². The first-order valence-corrected chi connectivity index (χ1v) is 7.53. The van der Waals surface area contributed by atoms with E-state index < -0.39 is 0 Å². The first-order valence-electron chi connectivity index (χ1n) is 6.73. The zero-order chi connectivity index (χ0) is 15.0. The van der Waals surface area contributed by atoms with Gasteiger partial charge in [0.1, 0.15) is 0 Å². The van der Waals surface area contributed by atoms with Crippen LogP contribution in [0.15, 0.2) is 46.9 Å². The van der Waals surface area contributed by atoms with Gasteiger partial charge in [-0.2, -0.15) is 5.10 Å². The molecule has 0 fully saturated rings. The number of aromatic nitrogens is 2. The topological polar surface area (TPSA) is 54.7 Å². The second-order valence-corrected chi connectivity index (χ2v) is 6.06. The predicted octanol–water partition coefficient (Wildman–Crippen LogP) is 4.71. The maximum atomic E-state index is 6.07. The van der Waals surface area contributed by atoms with Gasteiger partial charge < -0.3 is 5.73 Å². The molecule has 4 heteroatoms. The number of nitrogens with two attached hydrogens (primary N) is 1. The first-order chi connectivity index (χ1) is 10.1. The number of nitrogen functional groups attached to an aromatic ring is 1. The van der Waals surface area contributed by atoms with Crippen LogP contribution in [0.2, 0.25) is 0 Å². The van der Waals surface area contributed by atoms with Crippen LogP contribution in [0.4, 0.5) is 5.82 Å². The van der Waals surface area contributed by atoms with Gasteiger partial charge in [-0.3, -0.25) is 5.10 Å². The lowest BCUT2D eigenvalue weighted by Gasteiger charge is -2.08. The predicted molar refractivity (Wildman–Crippen MR) is 91.0 cm³/mol. The SMILES string of the molecule is Cc1ccc(-c2c(N)n[nH]c2-c2ccc(C)cc2Br)cc1. The number of hydrogen-bond acceptors (Lipinski definition) is 2. The van der Waals surface area contributed by atoms with E-state index in [1.807, 2.05) is 0 Å². The molecule has 3 rings (SSSR count). The van der Waals surface area contributed by atoms with Crippen LogP contribution in [-0.2, 0) is 0 Å². The van der Waals surface area contributed by atoms with E-state index >= 15 is 0 Å². The largest absolute Gasteiger partial charge is 0.382 e. The third kappa shape index (κ3) is 2.59. The summed E-state index contributed by atoms with van der Waals surface area (Å²) in [5.74, 6) is 0.515. The summed E-state index contributed by atoms with van der Waals surface area (Å²) in [4.78, 5) is 0. The molecule has 0 unspecified atom stereocenters. The van der Waals surface area contributed by atoms with Gasteiger partial charge in [0.05, 0.1) is 11.3 Å². The molecule has 3 nitrogen and oxygen atoms in total. The molecular formula is C17H16BrN3. The van der Waals surface area contributed by atoms with E-state index in [1.165, 1.54) is 11.1 Å². The Labute approximate surface area is 132 Å². The Kier molecular flexibility index (Phi) is 3.55. The van der Waals surface area contributed by atoms with Crippen molar-refractivity contribution in [3.63, 3.8) is 0 Å². The van der Waals surface area contributed by atoms with Crippen molar-refractivity contribution in [2.45, 2.75) is 13.8 Å². The van der Waals surface area contributed by atoms with Crippen molar-refractivity contribution in [3.05, 3.63) is 58.1 Å². The normalized spacial score (nSPS) is 10.8. The lowest BCUT2D eigenvalue weighted by Crippen LogP contribution is -1.89. The summed E-state index contributed by atoms with van der Waals surface area (Å²) in [5, 5.41) is 7.25. The lowest BCUT2D eigenvalue weighted by atomic mass is 9.99. The smallest absolute Gasteiger partial charge is 0.153 e. The summed E-state index contributed by atoms with van der Waals surface area (Å²) in [7, 11) is 0. The first kappa shape index (κ1) is 13.9. The molecule has 106 valence electrons. The van der Waals surface area contributed by atoms with Gasteiger partial charge in [-0.1, -0.05) is 57.9 Å². The van der Waals surface area contributed by atoms with Crippen LogP contribution in [0.5, 0.6) is 0 Å². The van der Waals surface area contributed by atoms with Crippen LogP contribution >= 0.6 is 15.9 Å². The number of benzene rings is 2. The van der Waals surface area contributed by atoms with Crippen molar-refractivity contribution in [1.29, 1.82) is 0 Å². The van der Waals surface area contributed by atoms with Crippen molar-refractivity contribution in [3.8, 4) is 22.4 Å². The maximum absolute atomic E-state index is 6.07. The van der Waals surface area contributed by atoms with E-state index in [2.05, 4.69) is 82.4 Å². The average Bonchev–Trinajstić information content (AvgIpc) is 2.82. The fraction of sp³-hybridized carbons (Fsp3) is 0.118. The number of aromatic amines is 1. The fourth-order valence-corrected chi connectivity index (χ4v) is 3.08. The second kappa shape index (κ2) is 5.37. The number of nitrogens with zero attached hydrogens (tertiary/aromatic N) is 1. The average molecular weight is 342 g/mol. The molecule has 2 aromatic carbocycles. The summed E-state index contributed by atoms with van der Waals surface area (Å²) < 4.78 is 1.03. The molecular weight excluding hydrogens is 326 g/mol. The molecule has 0 radical (unpaired) electrons. The zero-order valence-electron chi connectivity index (χ0n) is 11.9. The number of rotatable bonds is 2. The van der Waals surface area contributed by atoms with Gasteiger partial charge in [0.2, 0.25) is 0 Å². The van der Waals surface area contributed by atoms with Crippen LogP contribution in [0.3, 0.4) is 0 Å². The number of hydrogen-bond donors (Lipinski definition) is 2. The Morgan fingerprint density at radius 3 is 2.33 bits per heavy atom. The van der Waals surface area contributed by atoms with E-state index in [0.29, 0.717) is 5.82 Å². The van der Waals surface area contributed by atoms with E-state index in [9.17, 15) is 0 Å².